The van der Waals surface area contributed by atoms with Crippen molar-refractivity contribution in [3.8, 4) is 0 Å². The lowest BCUT2D eigenvalue weighted by Crippen LogP contribution is -2.42. The van der Waals surface area contributed by atoms with Gasteiger partial charge < -0.3 is 10.6 Å². The second-order valence-electron chi connectivity index (χ2n) is 4.92. The predicted octanol–water partition coefficient (Wildman–Crippen LogP) is 1.39. The summed E-state index contributed by atoms with van der Waals surface area (Å²) in [4.78, 5) is 11.9. The minimum atomic E-state index is 0.163. The van der Waals surface area contributed by atoms with Crippen LogP contribution in [0.3, 0.4) is 0 Å². The summed E-state index contributed by atoms with van der Waals surface area (Å²) in [6.07, 6.45) is 1.11. The zero-order valence-electron chi connectivity index (χ0n) is 10.3. The molecule has 0 saturated carbocycles. The van der Waals surface area contributed by atoms with Gasteiger partial charge in [-0.05, 0) is 25.3 Å². The predicted molar refractivity (Wildman–Crippen MR) is 62.6 cm³/mol. The van der Waals surface area contributed by atoms with E-state index in [0.29, 0.717) is 11.8 Å². The second-order valence-corrected chi connectivity index (χ2v) is 4.92. The SMILES string of the molecule is CCC(C)C(C)NC(=O)C1CNCC1C. The molecule has 0 aromatic carbocycles. The van der Waals surface area contributed by atoms with Gasteiger partial charge in [0.25, 0.3) is 0 Å². The highest BCUT2D eigenvalue weighted by Gasteiger charge is 2.30. The largest absolute Gasteiger partial charge is 0.353 e. The maximum atomic E-state index is 11.9. The van der Waals surface area contributed by atoms with Crippen LogP contribution in [-0.2, 0) is 4.79 Å². The first-order valence-electron chi connectivity index (χ1n) is 6.07. The smallest absolute Gasteiger partial charge is 0.224 e. The van der Waals surface area contributed by atoms with Crippen molar-refractivity contribution in [2.45, 2.75) is 40.2 Å². The number of nitrogens with one attached hydrogen (secondary N) is 2. The van der Waals surface area contributed by atoms with Gasteiger partial charge in [-0.1, -0.05) is 27.2 Å². The highest BCUT2D eigenvalue weighted by Crippen LogP contribution is 2.17. The molecule has 3 heteroatoms. The zero-order valence-corrected chi connectivity index (χ0v) is 10.3. The van der Waals surface area contributed by atoms with Crippen molar-refractivity contribution in [1.82, 2.24) is 10.6 Å². The van der Waals surface area contributed by atoms with E-state index in [1.165, 1.54) is 0 Å². The highest BCUT2D eigenvalue weighted by molar-refractivity contribution is 5.79. The van der Waals surface area contributed by atoms with Crippen molar-refractivity contribution in [2.24, 2.45) is 17.8 Å². The van der Waals surface area contributed by atoms with Crippen molar-refractivity contribution in [1.29, 1.82) is 0 Å². The van der Waals surface area contributed by atoms with Crippen molar-refractivity contribution in [3.63, 3.8) is 0 Å². The third-order valence-corrected chi connectivity index (χ3v) is 3.72. The maximum absolute atomic E-state index is 11.9. The number of carbonyl (C=O) groups excluding carboxylic acids is 1. The molecule has 4 atom stereocenters. The first-order chi connectivity index (χ1) is 7.06. The number of rotatable bonds is 4. The number of hydrogen-bond donors (Lipinski definition) is 2. The average molecular weight is 212 g/mol. The number of hydrogen-bond acceptors (Lipinski definition) is 2. The summed E-state index contributed by atoms with van der Waals surface area (Å²) < 4.78 is 0. The van der Waals surface area contributed by atoms with Crippen LogP contribution in [0.15, 0.2) is 0 Å². The van der Waals surface area contributed by atoms with Gasteiger partial charge in [0.1, 0.15) is 0 Å². The molecule has 1 fully saturated rings. The van der Waals surface area contributed by atoms with Crippen LogP contribution in [0.5, 0.6) is 0 Å². The summed E-state index contributed by atoms with van der Waals surface area (Å²) in [5.41, 5.74) is 0. The van der Waals surface area contributed by atoms with Gasteiger partial charge in [-0.25, -0.2) is 0 Å². The Labute approximate surface area is 93.0 Å². The van der Waals surface area contributed by atoms with Gasteiger partial charge in [0, 0.05) is 12.6 Å². The first kappa shape index (κ1) is 12.5. The number of amides is 1. The summed E-state index contributed by atoms with van der Waals surface area (Å²) in [6, 6.07) is 0.287. The van der Waals surface area contributed by atoms with Crippen LogP contribution in [0.25, 0.3) is 0 Å². The quantitative estimate of drug-likeness (QED) is 0.739. The van der Waals surface area contributed by atoms with E-state index >= 15 is 0 Å². The van der Waals surface area contributed by atoms with Crippen molar-refractivity contribution in [2.75, 3.05) is 13.1 Å². The molecule has 2 N–H and O–H groups in total. The molecule has 3 nitrogen and oxygen atoms in total. The fourth-order valence-corrected chi connectivity index (χ4v) is 1.99. The van der Waals surface area contributed by atoms with Crippen LogP contribution < -0.4 is 10.6 Å². The van der Waals surface area contributed by atoms with Gasteiger partial charge in [0.15, 0.2) is 0 Å². The molecule has 0 aromatic heterocycles. The Balaban J connectivity index is 2.41. The van der Waals surface area contributed by atoms with Crippen LogP contribution in [-0.4, -0.2) is 25.0 Å². The third-order valence-electron chi connectivity index (χ3n) is 3.72. The van der Waals surface area contributed by atoms with Gasteiger partial charge in [0.2, 0.25) is 5.91 Å². The van der Waals surface area contributed by atoms with E-state index in [9.17, 15) is 4.79 Å². The molecule has 0 spiro atoms. The Morgan fingerprint density at radius 1 is 1.47 bits per heavy atom. The Bertz CT molecular complexity index is 218. The Morgan fingerprint density at radius 2 is 2.13 bits per heavy atom. The second kappa shape index (κ2) is 5.50. The van der Waals surface area contributed by atoms with Crippen LogP contribution >= 0.6 is 0 Å². The highest BCUT2D eigenvalue weighted by atomic mass is 16.2. The molecule has 4 unspecified atom stereocenters. The van der Waals surface area contributed by atoms with Gasteiger partial charge >= 0.3 is 0 Å². The van der Waals surface area contributed by atoms with E-state index in [-0.39, 0.29) is 17.9 Å². The first-order valence-corrected chi connectivity index (χ1v) is 6.07. The summed E-state index contributed by atoms with van der Waals surface area (Å²) in [7, 11) is 0. The molecular formula is C12H24N2O. The maximum Gasteiger partial charge on any atom is 0.224 e. The standard InChI is InChI=1S/C12H24N2O/c1-5-8(2)10(4)14-12(15)11-7-13-6-9(11)3/h8-11,13H,5-7H2,1-4H3,(H,14,15). The van der Waals surface area contributed by atoms with E-state index in [0.717, 1.165) is 19.5 Å². The monoisotopic (exact) mass is 212 g/mol. The fourth-order valence-electron chi connectivity index (χ4n) is 1.99. The van der Waals surface area contributed by atoms with Gasteiger partial charge in [-0.15, -0.1) is 0 Å². The minimum absolute atomic E-state index is 0.163. The topological polar surface area (TPSA) is 41.1 Å². The minimum Gasteiger partial charge on any atom is -0.353 e. The molecule has 15 heavy (non-hydrogen) atoms. The molecule has 0 bridgehead atoms. The molecular weight excluding hydrogens is 188 g/mol. The molecule has 1 aliphatic rings. The van der Waals surface area contributed by atoms with Crippen LogP contribution in [0.1, 0.15) is 34.1 Å². The van der Waals surface area contributed by atoms with E-state index < -0.39 is 0 Å². The average Bonchev–Trinajstić information content (AvgIpc) is 2.63. The lowest BCUT2D eigenvalue weighted by atomic mass is 9.95. The third kappa shape index (κ3) is 3.20. The van der Waals surface area contributed by atoms with Gasteiger partial charge in [-0.2, -0.15) is 0 Å². The van der Waals surface area contributed by atoms with E-state index in [4.69, 9.17) is 0 Å². The van der Waals surface area contributed by atoms with Crippen molar-refractivity contribution >= 4 is 5.91 Å². The summed E-state index contributed by atoms with van der Waals surface area (Å²) >= 11 is 0. The van der Waals surface area contributed by atoms with E-state index in [1.807, 2.05) is 0 Å². The van der Waals surface area contributed by atoms with Crippen LogP contribution in [0.2, 0.25) is 0 Å². The molecule has 88 valence electrons. The Hall–Kier alpha value is -0.570. The van der Waals surface area contributed by atoms with Crippen molar-refractivity contribution < 1.29 is 4.79 Å². The van der Waals surface area contributed by atoms with Crippen LogP contribution in [0.4, 0.5) is 0 Å². The molecule has 0 aliphatic carbocycles. The molecule has 0 radical (unpaired) electrons. The lowest BCUT2D eigenvalue weighted by Gasteiger charge is -2.23. The molecule has 1 aliphatic heterocycles. The van der Waals surface area contributed by atoms with Gasteiger partial charge in [-0.3, -0.25) is 4.79 Å². The summed E-state index contributed by atoms with van der Waals surface area (Å²) in [5, 5.41) is 6.38. The molecule has 1 rings (SSSR count). The Morgan fingerprint density at radius 3 is 2.60 bits per heavy atom. The van der Waals surface area contributed by atoms with Crippen molar-refractivity contribution in [3.05, 3.63) is 0 Å². The molecule has 0 aromatic rings. The fraction of sp³-hybridized carbons (Fsp3) is 0.917. The van der Waals surface area contributed by atoms with Crippen LogP contribution in [0, 0.1) is 17.8 Å². The summed E-state index contributed by atoms with van der Waals surface area (Å²) in [5.74, 6) is 1.41. The van der Waals surface area contributed by atoms with E-state index in [1.54, 1.807) is 0 Å². The van der Waals surface area contributed by atoms with Gasteiger partial charge in [0.05, 0.1) is 5.92 Å². The Kier molecular flexibility index (Phi) is 4.58. The zero-order chi connectivity index (χ0) is 11.4. The summed E-state index contributed by atoms with van der Waals surface area (Å²) in [6.45, 7) is 10.4. The number of carbonyl (C=O) groups is 1. The normalized spacial score (nSPS) is 29.9. The molecule has 1 amide bonds. The van der Waals surface area contributed by atoms with E-state index in [2.05, 4.69) is 38.3 Å². The molecule has 1 heterocycles. The molecule has 1 saturated heterocycles. The lowest BCUT2D eigenvalue weighted by molar-refractivity contribution is -0.126.